The van der Waals surface area contributed by atoms with Crippen LogP contribution in [-0.2, 0) is 0 Å². The highest BCUT2D eigenvalue weighted by Gasteiger charge is 2.06. The van der Waals surface area contributed by atoms with Gasteiger partial charge in [0.25, 0.3) is 5.91 Å². The summed E-state index contributed by atoms with van der Waals surface area (Å²) in [5, 5.41) is 6.97. The Kier molecular flexibility index (Phi) is 4.28. The van der Waals surface area contributed by atoms with Crippen molar-refractivity contribution < 1.29 is 4.79 Å². The van der Waals surface area contributed by atoms with Crippen molar-refractivity contribution in [3.63, 3.8) is 0 Å². The summed E-state index contributed by atoms with van der Waals surface area (Å²) in [5.41, 5.74) is 0.569. The highest BCUT2D eigenvalue weighted by molar-refractivity contribution is 5.93. The molecule has 2 rings (SSSR count). The number of nitrogens with zero attached hydrogens (tertiary/aromatic N) is 3. The molecule has 2 aromatic rings. The lowest BCUT2D eigenvalue weighted by Crippen LogP contribution is -2.25. The van der Waals surface area contributed by atoms with Gasteiger partial charge in [0, 0.05) is 25.1 Å². The minimum absolute atomic E-state index is 0.0832. The lowest BCUT2D eigenvalue weighted by molar-refractivity contribution is 0.0951. The van der Waals surface area contributed by atoms with Crippen LogP contribution >= 0.6 is 0 Å². The second kappa shape index (κ2) is 6.13. The zero-order valence-corrected chi connectivity index (χ0v) is 11.2. The molecule has 0 saturated heterocycles. The van der Waals surface area contributed by atoms with Crippen LogP contribution in [0.5, 0.6) is 0 Å². The number of pyridine rings is 1. The van der Waals surface area contributed by atoms with Crippen LogP contribution in [0.2, 0.25) is 0 Å². The monoisotopic (exact) mass is 258 g/mol. The van der Waals surface area contributed by atoms with E-state index in [9.17, 15) is 4.79 Å². The molecule has 0 bridgehead atoms. The SMILES string of the molecule is CC(C)CCNC(=O)c1ccc(-n2cccn2)nc1. The first-order chi connectivity index (χ1) is 9.16. The van der Waals surface area contributed by atoms with Crippen LogP contribution in [0.25, 0.3) is 5.82 Å². The van der Waals surface area contributed by atoms with Gasteiger partial charge in [-0.05, 0) is 30.5 Å². The summed E-state index contributed by atoms with van der Waals surface area (Å²) in [4.78, 5) is 16.1. The van der Waals surface area contributed by atoms with E-state index in [1.165, 1.54) is 0 Å². The van der Waals surface area contributed by atoms with Crippen molar-refractivity contribution in [2.45, 2.75) is 20.3 Å². The van der Waals surface area contributed by atoms with E-state index in [1.807, 2.05) is 12.3 Å². The number of hydrogen-bond acceptors (Lipinski definition) is 3. The Morgan fingerprint density at radius 3 is 2.84 bits per heavy atom. The molecule has 0 fully saturated rings. The van der Waals surface area contributed by atoms with Crippen molar-refractivity contribution in [3.05, 3.63) is 42.4 Å². The summed E-state index contributed by atoms with van der Waals surface area (Å²) < 4.78 is 1.65. The summed E-state index contributed by atoms with van der Waals surface area (Å²) in [5.74, 6) is 1.20. The standard InChI is InChI=1S/C14H18N4O/c1-11(2)6-8-15-14(19)12-4-5-13(16-10-12)18-9-3-7-17-18/h3-5,7,9-11H,6,8H2,1-2H3,(H,15,19). The molecule has 0 aliphatic rings. The fourth-order valence-corrected chi connectivity index (χ4v) is 1.64. The minimum Gasteiger partial charge on any atom is -0.352 e. The number of carbonyl (C=O) groups excluding carboxylic acids is 1. The molecule has 0 radical (unpaired) electrons. The maximum Gasteiger partial charge on any atom is 0.252 e. The van der Waals surface area contributed by atoms with E-state index in [0.29, 0.717) is 23.8 Å². The van der Waals surface area contributed by atoms with E-state index >= 15 is 0 Å². The molecule has 0 spiro atoms. The Labute approximate surface area is 112 Å². The normalized spacial score (nSPS) is 10.7. The lowest BCUT2D eigenvalue weighted by Gasteiger charge is -2.07. The maximum atomic E-state index is 11.9. The van der Waals surface area contributed by atoms with E-state index in [2.05, 4.69) is 29.2 Å². The molecule has 0 atom stereocenters. The van der Waals surface area contributed by atoms with Crippen LogP contribution in [0, 0.1) is 5.92 Å². The zero-order chi connectivity index (χ0) is 13.7. The van der Waals surface area contributed by atoms with Crippen molar-refractivity contribution >= 4 is 5.91 Å². The smallest absolute Gasteiger partial charge is 0.252 e. The Bertz CT molecular complexity index is 517. The Hall–Kier alpha value is -2.17. The second-order valence-corrected chi connectivity index (χ2v) is 4.79. The van der Waals surface area contributed by atoms with Gasteiger partial charge in [0.2, 0.25) is 0 Å². The minimum atomic E-state index is -0.0832. The van der Waals surface area contributed by atoms with Gasteiger partial charge in [-0.15, -0.1) is 0 Å². The Balaban J connectivity index is 1.96. The van der Waals surface area contributed by atoms with Gasteiger partial charge in [0.1, 0.15) is 0 Å². The van der Waals surface area contributed by atoms with Crippen LogP contribution < -0.4 is 5.32 Å². The molecule has 2 aromatic heterocycles. The molecular formula is C14H18N4O. The van der Waals surface area contributed by atoms with Gasteiger partial charge < -0.3 is 5.32 Å². The van der Waals surface area contributed by atoms with Crippen LogP contribution in [-0.4, -0.2) is 27.2 Å². The molecule has 100 valence electrons. The van der Waals surface area contributed by atoms with Gasteiger partial charge in [-0.3, -0.25) is 4.79 Å². The van der Waals surface area contributed by atoms with Gasteiger partial charge in [0.05, 0.1) is 5.56 Å². The third-order valence-corrected chi connectivity index (χ3v) is 2.76. The van der Waals surface area contributed by atoms with Gasteiger partial charge >= 0.3 is 0 Å². The third kappa shape index (κ3) is 3.64. The first-order valence-corrected chi connectivity index (χ1v) is 6.41. The lowest BCUT2D eigenvalue weighted by atomic mass is 10.1. The highest BCUT2D eigenvalue weighted by atomic mass is 16.1. The number of nitrogens with one attached hydrogen (secondary N) is 1. The van der Waals surface area contributed by atoms with Crippen molar-refractivity contribution in [1.29, 1.82) is 0 Å². The number of amides is 1. The number of carbonyl (C=O) groups is 1. The van der Waals surface area contributed by atoms with Gasteiger partial charge in [0.15, 0.2) is 5.82 Å². The fourth-order valence-electron chi connectivity index (χ4n) is 1.64. The molecular weight excluding hydrogens is 240 g/mol. The largest absolute Gasteiger partial charge is 0.352 e. The summed E-state index contributed by atoms with van der Waals surface area (Å²) in [6.45, 7) is 4.95. The Morgan fingerprint density at radius 1 is 1.42 bits per heavy atom. The molecule has 5 nitrogen and oxygen atoms in total. The average Bonchev–Trinajstić information content (AvgIpc) is 2.92. The highest BCUT2D eigenvalue weighted by Crippen LogP contribution is 2.05. The first-order valence-electron chi connectivity index (χ1n) is 6.41. The van der Waals surface area contributed by atoms with Crippen molar-refractivity contribution in [2.75, 3.05) is 6.54 Å². The van der Waals surface area contributed by atoms with E-state index in [1.54, 1.807) is 29.2 Å². The van der Waals surface area contributed by atoms with Gasteiger partial charge in [-0.25, -0.2) is 9.67 Å². The molecule has 1 amide bonds. The fraction of sp³-hybridized carbons (Fsp3) is 0.357. The number of hydrogen-bond donors (Lipinski definition) is 1. The predicted octanol–water partition coefficient (Wildman–Crippen LogP) is 2.04. The number of rotatable bonds is 5. The van der Waals surface area contributed by atoms with Crippen molar-refractivity contribution in [2.24, 2.45) is 5.92 Å². The summed E-state index contributed by atoms with van der Waals surface area (Å²) in [7, 11) is 0. The third-order valence-electron chi connectivity index (χ3n) is 2.76. The maximum absolute atomic E-state index is 11.9. The predicted molar refractivity (Wildman–Crippen MR) is 73.1 cm³/mol. The average molecular weight is 258 g/mol. The number of aromatic nitrogens is 3. The quantitative estimate of drug-likeness (QED) is 0.892. The van der Waals surface area contributed by atoms with E-state index in [4.69, 9.17) is 0 Å². The molecule has 0 aliphatic carbocycles. The zero-order valence-electron chi connectivity index (χ0n) is 11.2. The second-order valence-electron chi connectivity index (χ2n) is 4.79. The topological polar surface area (TPSA) is 59.8 Å². The first kappa shape index (κ1) is 13.3. The summed E-state index contributed by atoms with van der Waals surface area (Å²) >= 11 is 0. The van der Waals surface area contributed by atoms with Crippen molar-refractivity contribution in [3.8, 4) is 5.82 Å². The van der Waals surface area contributed by atoms with E-state index in [0.717, 1.165) is 6.42 Å². The van der Waals surface area contributed by atoms with Crippen LogP contribution in [0.3, 0.4) is 0 Å². The van der Waals surface area contributed by atoms with Crippen LogP contribution in [0.4, 0.5) is 0 Å². The summed E-state index contributed by atoms with van der Waals surface area (Å²) in [6, 6.07) is 5.37. The summed E-state index contributed by atoms with van der Waals surface area (Å²) in [6.07, 6.45) is 6.05. The van der Waals surface area contributed by atoms with Gasteiger partial charge in [-0.2, -0.15) is 5.10 Å². The van der Waals surface area contributed by atoms with Crippen LogP contribution in [0.15, 0.2) is 36.8 Å². The molecule has 5 heteroatoms. The Morgan fingerprint density at radius 2 is 2.26 bits per heavy atom. The van der Waals surface area contributed by atoms with E-state index in [-0.39, 0.29) is 5.91 Å². The molecule has 1 N–H and O–H groups in total. The molecule has 0 aliphatic heterocycles. The van der Waals surface area contributed by atoms with Crippen molar-refractivity contribution in [1.82, 2.24) is 20.1 Å². The van der Waals surface area contributed by atoms with Crippen LogP contribution in [0.1, 0.15) is 30.6 Å². The van der Waals surface area contributed by atoms with E-state index < -0.39 is 0 Å². The molecule has 0 saturated carbocycles. The molecule has 0 unspecified atom stereocenters. The van der Waals surface area contributed by atoms with Gasteiger partial charge in [-0.1, -0.05) is 13.8 Å². The molecule has 0 aromatic carbocycles. The molecule has 2 heterocycles. The molecule has 19 heavy (non-hydrogen) atoms.